The number of nitrogens with one attached hydrogen (secondary N) is 1. The topological polar surface area (TPSA) is 75.3 Å². The Balaban J connectivity index is 1.61. The molecule has 6 nitrogen and oxygen atoms in total. The number of aromatic nitrogens is 2. The SMILES string of the molecule is CN(C)C(=O)C(OC(=O)C1(Cc2nc3ccccc3[nH]2)CCCC1)c1ccccc1. The van der Waals surface area contributed by atoms with Gasteiger partial charge in [-0.25, -0.2) is 4.98 Å². The number of carbonyl (C=O) groups is 2. The second-order valence-corrected chi connectivity index (χ2v) is 8.29. The number of esters is 1. The molecule has 0 saturated heterocycles. The van der Waals surface area contributed by atoms with Crippen molar-refractivity contribution in [2.45, 2.75) is 38.2 Å². The van der Waals surface area contributed by atoms with Crippen molar-refractivity contribution in [2.75, 3.05) is 14.1 Å². The van der Waals surface area contributed by atoms with E-state index in [1.165, 1.54) is 4.90 Å². The lowest BCUT2D eigenvalue weighted by Crippen LogP contribution is -2.38. The van der Waals surface area contributed by atoms with Crippen LogP contribution in [-0.2, 0) is 20.7 Å². The Morgan fingerprint density at radius 2 is 1.73 bits per heavy atom. The van der Waals surface area contributed by atoms with E-state index in [2.05, 4.69) is 9.97 Å². The number of hydrogen-bond donors (Lipinski definition) is 1. The molecule has 30 heavy (non-hydrogen) atoms. The van der Waals surface area contributed by atoms with Crippen LogP contribution in [0.3, 0.4) is 0 Å². The first-order valence-corrected chi connectivity index (χ1v) is 10.4. The molecule has 1 N–H and O–H groups in total. The van der Waals surface area contributed by atoms with Gasteiger partial charge in [-0.2, -0.15) is 0 Å². The van der Waals surface area contributed by atoms with Crippen LogP contribution in [-0.4, -0.2) is 40.8 Å². The number of carbonyl (C=O) groups excluding carboxylic acids is 2. The van der Waals surface area contributed by atoms with E-state index in [1.54, 1.807) is 14.1 Å². The molecule has 156 valence electrons. The number of rotatable bonds is 6. The fraction of sp³-hybridized carbons (Fsp3) is 0.375. The largest absolute Gasteiger partial charge is 0.447 e. The predicted octanol–water partition coefficient (Wildman–Crippen LogP) is 4.04. The van der Waals surface area contributed by atoms with Crippen molar-refractivity contribution in [1.82, 2.24) is 14.9 Å². The van der Waals surface area contributed by atoms with Gasteiger partial charge in [0.1, 0.15) is 5.82 Å². The molecule has 1 heterocycles. The standard InChI is InChI=1S/C24H27N3O3/c1-27(2)22(28)21(17-10-4-3-5-11-17)30-23(29)24(14-8-9-15-24)16-20-25-18-12-6-7-13-19(18)26-20/h3-7,10-13,21H,8-9,14-16H2,1-2H3,(H,25,26). The quantitative estimate of drug-likeness (QED) is 0.628. The molecule has 1 saturated carbocycles. The number of imidazole rings is 1. The van der Waals surface area contributed by atoms with E-state index in [0.29, 0.717) is 12.0 Å². The Labute approximate surface area is 176 Å². The molecule has 1 amide bonds. The van der Waals surface area contributed by atoms with Gasteiger partial charge < -0.3 is 14.6 Å². The van der Waals surface area contributed by atoms with Gasteiger partial charge in [-0.05, 0) is 25.0 Å². The second kappa shape index (κ2) is 8.30. The second-order valence-electron chi connectivity index (χ2n) is 8.29. The van der Waals surface area contributed by atoms with Crippen LogP contribution in [0.4, 0.5) is 0 Å². The zero-order valence-electron chi connectivity index (χ0n) is 17.4. The molecule has 1 aromatic heterocycles. The van der Waals surface area contributed by atoms with Crippen molar-refractivity contribution < 1.29 is 14.3 Å². The molecule has 6 heteroatoms. The number of likely N-dealkylation sites (N-methyl/N-ethyl adjacent to an activating group) is 1. The van der Waals surface area contributed by atoms with E-state index in [0.717, 1.165) is 42.5 Å². The van der Waals surface area contributed by atoms with Gasteiger partial charge in [0, 0.05) is 26.1 Å². The summed E-state index contributed by atoms with van der Waals surface area (Å²) in [4.78, 5) is 35.7. The maximum Gasteiger partial charge on any atom is 0.313 e. The Hall–Kier alpha value is -3.15. The van der Waals surface area contributed by atoms with Gasteiger partial charge in [-0.15, -0.1) is 0 Å². The molecule has 0 radical (unpaired) electrons. The van der Waals surface area contributed by atoms with E-state index in [4.69, 9.17) is 4.74 Å². The van der Waals surface area contributed by atoms with Gasteiger partial charge in [0.15, 0.2) is 0 Å². The van der Waals surface area contributed by atoms with Gasteiger partial charge in [0.2, 0.25) is 6.10 Å². The van der Waals surface area contributed by atoms with Crippen LogP contribution in [0.25, 0.3) is 11.0 Å². The third-order valence-electron chi connectivity index (χ3n) is 5.93. The smallest absolute Gasteiger partial charge is 0.313 e. The molecule has 3 aromatic rings. The zero-order valence-corrected chi connectivity index (χ0v) is 17.4. The first-order valence-electron chi connectivity index (χ1n) is 10.4. The predicted molar refractivity (Wildman–Crippen MR) is 115 cm³/mol. The molecule has 1 aliphatic carbocycles. The minimum atomic E-state index is -0.943. The van der Waals surface area contributed by atoms with Crippen molar-refractivity contribution in [3.8, 4) is 0 Å². The van der Waals surface area contributed by atoms with E-state index in [-0.39, 0.29) is 11.9 Å². The molecule has 0 bridgehead atoms. The van der Waals surface area contributed by atoms with Gasteiger partial charge >= 0.3 is 5.97 Å². The highest BCUT2D eigenvalue weighted by Gasteiger charge is 2.45. The van der Waals surface area contributed by atoms with E-state index >= 15 is 0 Å². The average Bonchev–Trinajstić information content (AvgIpc) is 3.39. The first kappa shape index (κ1) is 20.1. The highest BCUT2D eigenvalue weighted by Crippen LogP contribution is 2.43. The molecule has 4 rings (SSSR count). The van der Waals surface area contributed by atoms with Crippen molar-refractivity contribution in [3.05, 3.63) is 66.0 Å². The minimum Gasteiger partial charge on any atom is -0.447 e. The summed E-state index contributed by atoms with van der Waals surface area (Å²) in [5, 5.41) is 0. The third kappa shape index (κ3) is 3.95. The highest BCUT2D eigenvalue weighted by atomic mass is 16.5. The number of benzene rings is 2. The van der Waals surface area contributed by atoms with Crippen LogP contribution in [0.1, 0.15) is 43.2 Å². The number of fused-ring (bicyclic) bond motifs is 1. The van der Waals surface area contributed by atoms with Crippen LogP contribution >= 0.6 is 0 Å². The zero-order chi connectivity index (χ0) is 21.1. The molecule has 1 unspecified atom stereocenters. The number of amides is 1. The Morgan fingerprint density at radius 1 is 1.07 bits per heavy atom. The Bertz CT molecular complexity index is 1000. The maximum atomic E-state index is 13.5. The number of para-hydroxylation sites is 2. The molecular weight excluding hydrogens is 378 g/mol. The Kier molecular flexibility index (Phi) is 5.57. The first-order chi connectivity index (χ1) is 14.5. The van der Waals surface area contributed by atoms with Crippen LogP contribution < -0.4 is 0 Å². The summed E-state index contributed by atoms with van der Waals surface area (Å²) in [6.45, 7) is 0. The van der Waals surface area contributed by atoms with Crippen LogP contribution in [0.2, 0.25) is 0 Å². The van der Waals surface area contributed by atoms with Crippen LogP contribution in [0.15, 0.2) is 54.6 Å². The number of nitrogens with zero attached hydrogens (tertiary/aromatic N) is 2. The van der Waals surface area contributed by atoms with Gasteiger partial charge in [-0.1, -0.05) is 55.3 Å². The molecule has 1 atom stereocenters. The number of aromatic amines is 1. The molecule has 1 fully saturated rings. The summed E-state index contributed by atoms with van der Waals surface area (Å²) in [6.07, 6.45) is 2.95. The van der Waals surface area contributed by atoms with Crippen molar-refractivity contribution >= 4 is 22.9 Å². The summed E-state index contributed by atoms with van der Waals surface area (Å²) in [7, 11) is 3.34. The molecule has 0 spiro atoms. The summed E-state index contributed by atoms with van der Waals surface area (Å²) >= 11 is 0. The van der Waals surface area contributed by atoms with Crippen LogP contribution in [0, 0.1) is 5.41 Å². The third-order valence-corrected chi connectivity index (χ3v) is 5.93. The number of hydrogen-bond acceptors (Lipinski definition) is 4. The summed E-state index contributed by atoms with van der Waals surface area (Å²) in [5.74, 6) is 0.223. The summed E-state index contributed by atoms with van der Waals surface area (Å²) in [5.41, 5.74) is 1.87. The van der Waals surface area contributed by atoms with Gasteiger partial charge in [0.05, 0.1) is 16.4 Å². The van der Waals surface area contributed by atoms with Crippen molar-refractivity contribution in [2.24, 2.45) is 5.41 Å². The molecule has 2 aromatic carbocycles. The van der Waals surface area contributed by atoms with Crippen molar-refractivity contribution in [1.29, 1.82) is 0 Å². The minimum absolute atomic E-state index is 0.244. The molecule has 0 aliphatic heterocycles. The van der Waals surface area contributed by atoms with E-state index in [9.17, 15) is 9.59 Å². The number of H-pyrrole nitrogens is 1. The normalized spacial score (nSPS) is 16.3. The van der Waals surface area contributed by atoms with Gasteiger partial charge in [0.25, 0.3) is 5.91 Å². The Morgan fingerprint density at radius 3 is 2.40 bits per heavy atom. The highest BCUT2D eigenvalue weighted by molar-refractivity contribution is 5.86. The average molecular weight is 405 g/mol. The lowest BCUT2D eigenvalue weighted by atomic mass is 9.82. The summed E-state index contributed by atoms with van der Waals surface area (Å²) < 4.78 is 5.92. The van der Waals surface area contributed by atoms with Crippen molar-refractivity contribution in [3.63, 3.8) is 0 Å². The maximum absolute atomic E-state index is 13.5. The summed E-state index contributed by atoms with van der Waals surface area (Å²) in [6, 6.07) is 17.0. The number of ether oxygens (including phenoxy) is 1. The molecular formula is C24H27N3O3. The lowest BCUT2D eigenvalue weighted by molar-refractivity contribution is -0.169. The lowest BCUT2D eigenvalue weighted by Gasteiger charge is -2.29. The van der Waals surface area contributed by atoms with E-state index in [1.807, 2.05) is 54.6 Å². The fourth-order valence-electron chi connectivity index (χ4n) is 4.27. The van der Waals surface area contributed by atoms with Crippen LogP contribution in [0.5, 0.6) is 0 Å². The fourth-order valence-corrected chi connectivity index (χ4v) is 4.27. The van der Waals surface area contributed by atoms with E-state index < -0.39 is 11.5 Å². The monoisotopic (exact) mass is 405 g/mol. The van der Waals surface area contributed by atoms with Gasteiger partial charge in [-0.3, -0.25) is 9.59 Å². The molecule has 1 aliphatic rings.